The molecule has 1 amide bonds. The topological polar surface area (TPSA) is 90.7 Å². The van der Waals surface area contributed by atoms with Crippen LogP contribution in [0.2, 0.25) is 0 Å². The number of amides is 1. The molecule has 11 heteroatoms. The molecule has 1 saturated heterocycles. The van der Waals surface area contributed by atoms with Gasteiger partial charge in [-0.25, -0.2) is 9.78 Å². The number of nitrogens with zero attached hydrogens (tertiary/aromatic N) is 2. The second-order valence-electron chi connectivity index (χ2n) is 7.03. The molecule has 4 atom stereocenters. The Kier molecular flexibility index (Phi) is 4.67. The highest BCUT2D eigenvalue weighted by atomic mass is 32.2. The fraction of sp³-hybridized carbons (Fsp3) is 0.389. The van der Waals surface area contributed by atoms with Gasteiger partial charge < -0.3 is 15.1 Å². The van der Waals surface area contributed by atoms with Crippen molar-refractivity contribution in [3.05, 3.63) is 34.4 Å². The minimum atomic E-state index is -4.48. The van der Waals surface area contributed by atoms with Crippen LogP contribution in [0, 0.1) is 11.8 Å². The Hall–Kier alpha value is -2.11. The molecule has 1 aromatic carbocycles. The number of hydrogen-bond acceptors (Lipinski definition) is 6. The molecule has 29 heavy (non-hydrogen) atoms. The first-order valence-corrected chi connectivity index (χ1v) is 10.3. The second kappa shape index (κ2) is 6.71. The summed E-state index contributed by atoms with van der Waals surface area (Å²) in [5, 5.41) is 19.5. The zero-order valence-electron chi connectivity index (χ0n) is 15.1. The van der Waals surface area contributed by atoms with Crippen molar-refractivity contribution in [3.8, 4) is 0 Å². The Balaban J connectivity index is 1.70. The molecule has 0 unspecified atom stereocenters. The third kappa shape index (κ3) is 3.11. The molecular formula is C18H15F3N2O4S2. The Labute approximate surface area is 171 Å². The fourth-order valence-electron chi connectivity index (χ4n) is 3.88. The molecule has 0 radical (unpaired) electrons. The van der Waals surface area contributed by atoms with E-state index in [-0.39, 0.29) is 17.1 Å². The second-order valence-corrected chi connectivity index (χ2v) is 9.35. The Morgan fingerprint density at radius 3 is 2.66 bits per heavy atom. The molecule has 0 saturated carbocycles. The largest absolute Gasteiger partial charge is 0.477 e. The summed E-state index contributed by atoms with van der Waals surface area (Å²) in [4.78, 5) is 30.0. The van der Waals surface area contributed by atoms with Gasteiger partial charge in [0.15, 0.2) is 4.34 Å². The van der Waals surface area contributed by atoms with E-state index in [9.17, 15) is 33.0 Å². The summed E-state index contributed by atoms with van der Waals surface area (Å²) >= 11 is 2.20. The van der Waals surface area contributed by atoms with E-state index in [0.717, 1.165) is 35.2 Å². The fourth-order valence-corrected chi connectivity index (χ4v) is 6.20. The Morgan fingerprint density at radius 2 is 2.07 bits per heavy atom. The van der Waals surface area contributed by atoms with Crippen molar-refractivity contribution in [2.75, 3.05) is 0 Å². The monoisotopic (exact) mass is 444 g/mol. The molecule has 2 N–H and O–H groups in total. The standard InChI is InChI=1S/C18H15F3N2O4S2/c1-6-12-11(7(2)24)15(25)23(12)13(16(26)27)14(6)29-17-22-9-5-8(18(19,20)21)3-4-10(9)28-17/h3-7,11-12,24H,1-2H3,(H,26,27)/t6-,7-,11-,12-/m1/s1. The molecule has 0 aliphatic carbocycles. The number of hydrogen-bond donors (Lipinski definition) is 2. The van der Waals surface area contributed by atoms with Crippen molar-refractivity contribution in [2.24, 2.45) is 11.8 Å². The molecule has 2 aliphatic rings. The van der Waals surface area contributed by atoms with Gasteiger partial charge in [-0.15, -0.1) is 11.3 Å². The third-order valence-corrected chi connectivity index (χ3v) is 7.59. The average Bonchev–Trinajstić information content (AvgIpc) is 3.11. The van der Waals surface area contributed by atoms with Gasteiger partial charge >= 0.3 is 12.1 Å². The molecule has 1 fully saturated rings. The van der Waals surface area contributed by atoms with E-state index in [1.807, 2.05) is 0 Å². The smallest absolute Gasteiger partial charge is 0.416 e. The quantitative estimate of drug-likeness (QED) is 0.701. The van der Waals surface area contributed by atoms with Crippen LogP contribution in [-0.2, 0) is 15.8 Å². The predicted octanol–water partition coefficient (Wildman–Crippen LogP) is 3.56. The molecule has 0 bridgehead atoms. The lowest BCUT2D eigenvalue weighted by Crippen LogP contribution is -2.63. The van der Waals surface area contributed by atoms with E-state index < -0.39 is 41.7 Å². The van der Waals surface area contributed by atoms with Gasteiger partial charge in [0.1, 0.15) is 5.70 Å². The van der Waals surface area contributed by atoms with Crippen LogP contribution in [0.3, 0.4) is 0 Å². The number of aliphatic carboxylic acids is 1. The van der Waals surface area contributed by atoms with E-state index in [4.69, 9.17) is 0 Å². The number of aliphatic hydroxyl groups excluding tert-OH is 1. The van der Waals surface area contributed by atoms with Crippen LogP contribution in [0.4, 0.5) is 13.2 Å². The minimum absolute atomic E-state index is 0.148. The molecular weight excluding hydrogens is 429 g/mol. The first-order chi connectivity index (χ1) is 13.5. The highest BCUT2D eigenvalue weighted by molar-refractivity contribution is 8.04. The number of fused-ring (bicyclic) bond motifs is 2. The van der Waals surface area contributed by atoms with Gasteiger partial charge in [0.25, 0.3) is 0 Å². The lowest BCUT2D eigenvalue weighted by atomic mass is 9.79. The summed E-state index contributed by atoms with van der Waals surface area (Å²) in [6.07, 6.45) is -5.39. The number of β-lactam (4-membered cyclic amide) rings is 1. The lowest BCUT2D eigenvalue weighted by Gasteiger charge is -2.46. The number of carbonyl (C=O) groups is 2. The zero-order valence-corrected chi connectivity index (χ0v) is 16.7. The molecule has 1 aromatic heterocycles. The van der Waals surface area contributed by atoms with Crippen LogP contribution in [0.25, 0.3) is 10.2 Å². The number of carboxylic acids is 1. The number of benzene rings is 1. The Bertz CT molecular complexity index is 1060. The summed E-state index contributed by atoms with van der Waals surface area (Å²) in [5.74, 6) is -2.73. The maximum atomic E-state index is 12.9. The van der Waals surface area contributed by atoms with Gasteiger partial charge in [-0.2, -0.15) is 13.2 Å². The van der Waals surface area contributed by atoms with Gasteiger partial charge in [-0.1, -0.05) is 18.7 Å². The minimum Gasteiger partial charge on any atom is -0.477 e. The summed E-state index contributed by atoms with van der Waals surface area (Å²) in [7, 11) is 0. The number of thiazole rings is 1. The molecule has 4 rings (SSSR count). The first kappa shape index (κ1) is 20.2. The van der Waals surface area contributed by atoms with Crippen LogP contribution < -0.4 is 0 Å². The highest BCUT2D eigenvalue weighted by Crippen LogP contribution is 2.52. The van der Waals surface area contributed by atoms with Gasteiger partial charge in [0.05, 0.1) is 33.8 Å². The number of halogens is 3. The van der Waals surface area contributed by atoms with Gasteiger partial charge in [-0.3, -0.25) is 4.79 Å². The van der Waals surface area contributed by atoms with Gasteiger partial charge in [0.2, 0.25) is 5.91 Å². The van der Waals surface area contributed by atoms with E-state index in [1.54, 1.807) is 6.92 Å². The highest BCUT2D eigenvalue weighted by Gasteiger charge is 2.60. The summed E-state index contributed by atoms with van der Waals surface area (Å²) in [6, 6.07) is 2.82. The molecule has 154 valence electrons. The number of aromatic nitrogens is 1. The van der Waals surface area contributed by atoms with E-state index in [0.29, 0.717) is 13.9 Å². The first-order valence-electron chi connectivity index (χ1n) is 8.65. The number of carboxylic acid groups (broad SMARTS) is 1. The van der Waals surface area contributed by atoms with Crippen molar-refractivity contribution in [1.82, 2.24) is 9.88 Å². The Morgan fingerprint density at radius 1 is 1.38 bits per heavy atom. The van der Waals surface area contributed by atoms with Crippen molar-refractivity contribution >= 4 is 45.2 Å². The van der Waals surface area contributed by atoms with Crippen LogP contribution in [-0.4, -0.2) is 44.1 Å². The van der Waals surface area contributed by atoms with E-state index in [2.05, 4.69) is 4.98 Å². The normalized spacial score (nSPS) is 25.4. The van der Waals surface area contributed by atoms with Crippen molar-refractivity contribution in [2.45, 2.75) is 36.5 Å². The number of rotatable bonds is 4. The zero-order chi connectivity index (χ0) is 21.2. The van der Waals surface area contributed by atoms with Gasteiger partial charge in [0, 0.05) is 10.8 Å². The van der Waals surface area contributed by atoms with Crippen LogP contribution in [0.1, 0.15) is 19.4 Å². The van der Waals surface area contributed by atoms with Crippen molar-refractivity contribution < 1.29 is 33.0 Å². The number of aliphatic hydroxyl groups is 1. The van der Waals surface area contributed by atoms with Crippen LogP contribution >= 0.6 is 23.1 Å². The maximum Gasteiger partial charge on any atom is 0.416 e. The van der Waals surface area contributed by atoms with Crippen molar-refractivity contribution in [1.29, 1.82) is 0 Å². The molecule has 0 spiro atoms. The predicted molar refractivity (Wildman–Crippen MR) is 100 cm³/mol. The molecule has 6 nitrogen and oxygen atoms in total. The van der Waals surface area contributed by atoms with E-state index >= 15 is 0 Å². The number of thioether (sulfide) groups is 1. The van der Waals surface area contributed by atoms with Crippen molar-refractivity contribution in [3.63, 3.8) is 0 Å². The molecule has 3 heterocycles. The summed E-state index contributed by atoms with van der Waals surface area (Å²) in [5.41, 5.74) is -0.776. The van der Waals surface area contributed by atoms with E-state index in [1.165, 1.54) is 17.9 Å². The molecule has 2 aromatic rings. The average molecular weight is 444 g/mol. The summed E-state index contributed by atoms with van der Waals surface area (Å²) < 4.78 is 39.7. The molecule has 2 aliphatic heterocycles. The van der Waals surface area contributed by atoms with Gasteiger partial charge in [-0.05, 0) is 25.1 Å². The summed E-state index contributed by atoms with van der Waals surface area (Å²) in [6.45, 7) is 3.26. The number of alkyl halides is 3. The van der Waals surface area contributed by atoms with Crippen LogP contribution in [0.5, 0.6) is 0 Å². The third-order valence-electron chi connectivity index (χ3n) is 5.20. The maximum absolute atomic E-state index is 12.9. The van der Waals surface area contributed by atoms with Crippen LogP contribution in [0.15, 0.2) is 33.1 Å². The SMILES string of the molecule is C[C@@H](O)[C@H]1C(=O)N2C(C(=O)O)=C(Sc3nc4cc(C(F)(F)F)ccc4s3)[C@H](C)[C@H]12. The number of carbonyl (C=O) groups excluding carboxylic acids is 1. The lowest BCUT2D eigenvalue weighted by molar-refractivity contribution is -0.163.